The second kappa shape index (κ2) is 6.39. The topological polar surface area (TPSA) is 134 Å². The number of amides is 1. The normalized spacial score (nSPS) is 11.5. The van der Waals surface area contributed by atoms with Crippen LogP contribution in [0.2, 0.25) is 0 Å². The van der Waals surface area contributed by atoms with Crippen LogP contribution in [0.15, 0.2) is 35.4 Å². The van der Waals surface area contributed by atoms with Crippen LogP contribution in [0.4, 0.5) is 11.5 Å². The Kier molecular flexibility index (Phi) is 4.12. The van der Waals surface area contributed by atoms with E-state index in [2.05, 4.69) is 20.7 Å². The molecular formula is C14H13N7O4. The number of nitro groups is 1. The van der Waals surface area contributed by atoms with Gasteiger partial charge in [0.05, 0.1) is 11.1 Å². The van der Waals surface area contributed by atoms with Gasteiger partial charge in [-0.3, -0.25) is 19.6 Å². The molecule has 128 valence electrons. The van der Waals surface area contributed by atoms with E-state index in [1.54, 1.807) is 37.1 Å². The van der Waals surface area contributed by atoms with Crippen LogP contribution in [0.5, 0.6) is 0 Å². The average Bonchev–Trinajstić information content (AvgIpc) is 3.26. The Bertz CT molecular complexity index is 965. The molecule has 0 radical (unpaired) electrons. The van der Waals surface area contributed by atoms with E-state index >= 15 is 0 Å². The highest BCUT2D eigenvalue weighted by Crippen LogP contribution is 2.17. The Hall–Kier alpha value is -3.76. The third-order valence-electron chi connectivity index (χ3n) is 3.16. The lowest BCUT2D eigenvalue weighted by Crippen LogP contribution is -2.18. The van der Waals surface area contributed by atoms with Gasteiger partial charge in [0.2, 0.25) is 0 Å². The largest absolute Gasteiger partial charge is 0.360 e. The molecule has 0 bridgehead atoms. The summed E-state index contributed by atoms with van der Waals surface area (Å²) in [5, 5.41) is 25.0. The zero-order valence-electron chi connectivity index (χ0n) is 13.3. The van der Waals surface area contributed by atoms with E-state index in [1.807, 2.05) is 0 Å². The number of aromatic nitrogens is 5. The van der Waals surface area contributed by atoms with E-state index in [0.717, 1.165) is 17.1 Å². The summed E-state index contributed by atoms with van der Waals surface area (Å²) in [5.41, 5.74) is 0.450. The van der Waals surface area contributed by atoms with Crippen LogP contribution in [0.1, 0.15) is 11.3 Å². The van der Waals surface area contributed by atoms with Crippen molar-refractivity contribution in [1.29, 1.82) is 0 Å². The molecule has 0 aromatic carbocycles. The van der Waals surface area contributed by atoms with Crippen molar-refractivity contribution in [3.8, 4) is 0 Å². The predicted octanol–water partition coefficient (Wildman–Crippen LogP) is 1.46. The molecule has 11 nitrogen and oxygen atoms in total. The van der Waals surface area contributed by atoms with Crippen molar-refractivity contribution in [2.24, 2.45) is 7.05 Å². The van der Waals surface area contributed by atoms with Crippen LogP contribution in [0.3, 0.4) is 0 Å². The summed E-state index contributed by atoms with van der Waals surface area (Å²) < 4.78 is 7.58. The Morgan fingerprint density at radius 3 is 2.72 bits per heavy atom. The molecule has 11 heteroatoms. The highest BCUT2D eigenvalue weighted by atomic mass is 16.6. The van der Waals surface area contributed by atoms with Gasteiger partial charge in [0.25, 0.3) is 5.91 Å². The predicted molar refractivity (Wildman–Crippen MR) is 86.1 cm³/mol. The third-order valence-corrected chi connectivity index (χ3v) is 3.16. The first-order valence-corrected chi connectivity index (χ1v) is 7.07. The van der Waals surface area contributed by atoms with Crippen molar-refractivity contribution in [2.45, 2.75) is 6.92 Å². The molecule has 0 aliphatic heterocycles. The van der Waals surface area contributed by atoms with E-state index < -0.39 is 10.8 Å². The van der Waals surface area contributed by atoms with Gasteiger partial charge in [0, 0.05) is 24.9 Å². The number of hydrogen-bond donors (Lipinski definition) is 1. The molecule has 3 rings (SSSR count). The van der Waals surface area contributed by atoms with Crippen molar-refractivity contribution in [2.75, 3.05) is 5.32 Å². The minimum absolute atomic E-state index is 0.0572. The fourth-order valence-corrected chi connectivity index (χ4v) is 2.05. The average molecular weight is 343 g/mol. The Morgan fingerprint density at radius 1 is 1.36 bits per heavy atom. The van der Waals surface area contributed by atoms with Crippen molar-refractivity contribution < 1.29 is 14.2 Å². The van der Waals surface area contributed by atoms with Crippen LogP contribution in [0.25, 0.3) is 11.8 Å². The first kappa shape index (κ1) is 16.1. The van der Waals surface area contributed by atoms with Crippen LogP contribution >= 0.6 is 0 Å². The molecule has 0 saturated carbocycles. The van der Waals surface area contributed by atoms with Gasteiger partial charge in [0.1, 0.15) is 23.9 Å². The zero-order chi connectivity index (χ0) is 18.0. The van der Waals surface area contributed by atoms with Crippen molar-refractivity contribution in [3.05, 3.63) is 52.3 Å². The molecule has 0 aliphatic carbocycles. The fraction of sp³-hybridized carbons (Fsp3) is 0.143. The third kappa shape index (κ3) is 3.60. The molecule has 3 heterocycles. The smallest absolute Gasteiger partial charge is 0.307 e. The maximum absolute atomic E-state index is 12.6. The number of anilines is 1. The number of carbonyl (C=O) groups excluding carboxylic acids is 1. The summed E-state index contributed by atoms with van der Waals surface area (Å²) in [6.07, 6.45) is 6.95. The van der Waals surface area contributed by atoms with E-state index in [9.17, 15) is 14.9 Å². The Balaban J connectivity index is 1.97. The maximum atomic E-state index is 12.6. The molecule has 3 aromatic heterocycles. The minimum atomic E-state index is -0.593. The summed E-state index contributed by atoms with van der Waals surface area (Å²) in [6.45, 7) is 1.69. The van der Waals surface area contributed by atoms with Crippen LogP contribution < -0.4 is 5.32 Å². The number of aryl methyl sites for hydroxylation is 2. The fourth-order valence-electron chi connectivity index (χ4n) is 2.05. The highest BCUT2D eigenvalue weighted by Gasteiger charge is 2.18. The number of rotatable bonds is 5. The maximum Gasteiger partial charge on any atom is 0.307 e. The molecule has 1 N–H and O–H groups in total. The van der Waals surface area contributed by atoms with Crippen molar-refractivity contribution in [1.82, 2.24) is 24.7 Å². The molecule has 25 heavy (non-hydrogen) atoms. The second-order valence-corrected chi connectivity index (χ2v) is 5.15. The lowest BCUT2D eigenvalue weighted by atomic mass is 10.2. The quantitative estimate of drug-likeness (QED) is 0.421. The van der Waals surface area contributed by atoms with E-state index in [-0.39, 0.29) is 17.2 Å². The minimum Gasteiger partial charge on any atom is -0.360 e. The first-order chi connectivity index (χ1) is 11.9. The van der Waals surface area contributed by atoms with Gasteiger partial charge in [-0.25, -0.2) is 4.68 Å². The standard InChI is InChI=1S/C14H13N7O4/c1-9-3-13(18-25-9)17-14(22)12(4-10-5-15-19(2)7-10)20-8-11(6-16-20)21(23)24/h3-8H,1-2H3,(H,17,18,22). The first-order valence-electron chi connectivity index (χ1n) is 7.07. The molecule has 0 spiro atoms. The van der Waals surface area contributed by atoms with Gasteiger partial charge < -0.3 is 9.84 Å². The monoisotopic (exact) mass is 343 g/mol. The van der Waals surface area contributed by atoms with Crippen LogP contribution in [-0.4, -0.2) is 35.5 Å². The Morgan fingerprint density at radius 2 is 2.16 bits per heavy atom. The molecule has 0 atom stereocenters. The molecule has 0 aliphatic rings. The van der Waals surface area contributed by atoms with Crippen LogP contribution in [-0.2, 0) is 11.8 Å². The molecule has 0 unspecified atom stereocenters. The lowest BCUT2D eigenvalue weighted by molar-refractivity contribution is -0.384. The number of carbonyl (C=O) groups is 1. The lowest BCUT2D eigenvalue weighted by Gasteiger charge is -2.06. The van der Waals surface area contributed by atoms with Crippen LogP contribution in [0, 0.1) is 17.0 Å². The van der Waals surface area contributed by atoms with Gasteiger partial charge in [0.15, 0.2) is 5.82 Å². The zero-order valence-corrected chi connectivity index (χ0v) is 13.3. The van der Waals surface area contributed by atoms with E-state index in [1.165, 1.54) is 6.08 Å². The number of hydrogen-bond acceptors (Lipinski definition) is 7. The molecule has 0 saturated heterocycles. The SMILES string of the molecule is Cc1cc(NC(=O)C(=Cc2cnn(C)c2)n2cc([N+](=O)[O-])cn2)no1. The van der Waals surface area contributed by atoms with Crippen molar-refractivity contribution in [3.63, 3.8) is 0 Å². The van der Waals surface area contributed by atoms with Gasteiger partial charge in [-0.15, -0.1) is 0 Å². The van der Waals surface area contributed by atoms with Gasteiger partial charge in [-0.05, 0) is 13.0 Å². The van der Waals surface area contributed by atoms with Crippen molar-refractivity contribution >= 4 is 29.2 Å². The molecular weight excluding hydrogens is 330 g/mol. The second-order valence-electron chi connectivity index (χ2n) is 5.15. The summed E-state index contributed by atoms with van der Waals surface area (Å²) in [7, 11) is 1.73. The van der Waals surface area contributed by atoms with Gasteiger partial charge >= 0.3 is 5.69 Å². The highest BCUT2D eigenvalue weighted by molar-refractivity contribution is 6.23. The summed E-state index contributed by atoms with van der Waals surface area (Å²) in [6, 6.07) is 1.55. The molecule has 1 amide bonds. The summed E-state index contributed by atoms with van der Waals surface area (Å²) >= 11 is 0. The van der Waals surface area contributed by atoms with E-state index in [4.69, 9.17) is 4.52 Å². The summed E-state index contributed by atoms with van der Waals surface area (Å²) in [4.78, 5) is 22.9. The molecule has 3 aromatic rings. The van der Waals surface area contributed by atoms with Gasteiger partial charge in [-0.1, -0.05) is 5.16 Å². The van der Waals surface area contributed by atoms with Gasteiger partial charge in [-0.2, -0.15) is 10.2 Å². The number of nitrogens with zero attached hydrogens (tertiary/aromatic N) is 6. The van der Waals surface area contributed by atoms with E-state index in [0.29, 0.717) is 11.3 Å². The Labute approximate surface area is 140 Å². The summed E-state index contributed by atoms with van der Waals surface area (Å²) in [5.74, 6) is 0.194. The number of nitrogens with one attached hydrogen (secondary N) is 1. The molecule has 0 fully saturated rings.